The SMILES string of the molecule is Cc1cccc(NCn2c(=S)nc(-c3ccc([N+](=O)[O-])cc3)n2-c2ccccc2)c1. The van der Waals surface area contributed by atoms with Gasteiger partial charge in [-0.3, -0.25) is 10.1 Å². The number of para-hydroxylation sites is 1. The van der Waals surface area contributed by atoms with Crippen LogP contribution < -0.4 is 5.32 Å². The second-order valence-corrected chi connectivity index (χ2v) is 7.14. The standard InChI is InChI=1S/C22H19N5O2S/c1-16-6-5-7-18(14-16)23-15-25-22(30)24-21(26(25)19-8-3-2-4-9-19)17-10-12-20(13-11-17)27(28)29/h2-14,23H,15H2,1H3. The van der Waals surface area contributed by atoms with E-state index in [4.69, 9.17) is 12.2 Å². The Morgan fingerprint density at radius 2 is 1.77 bits per heavy atom. The van der Waals surface area contributed by atoms with E-state index >= 15 is 0 Å². The topological polar surface area (TPSA) is 77.9 Å². The van der Waals surface area contributed by atoms with Gasteiger partial charge in [-0.25, -0.2) is 9.36 Å². The van der Waals surface area contributed by atoms with Gasteiger partial charge in [-0.05, 0) is 61.1 Å². The molecule has 0 unspecified atom stereocenters. The summed E-state index contributed by atoms with van der Waals surface area (Å²) >= 11 is 5.55. The minimum absolute atomic E-state index is 0.0316. The number of aryl methyl sites for hydroxylation is 1. The van der Waals surface area contributed by atoms with Crippen LogP contribution in [0.25, 0.3) is 17.1 Å². The van der Waals surface area contributed by atoms with Gasteiger partial charge in [0.25, 0.3) is 5.69 Å². The number of hydrogen-bond acceptors (Lipinski definition) is 5. The summed E-state index contributed by atoms with van der Waals surface area (Å²) in [5.41, 5.74) is 3.80. The van der Waals surface area contributed by atoms with Crippen molar-refractivity contribution in [2.75, 3.05) is 5.32 Å². The van der Waals surface area contributed by atoms with Crippen LogP contribution in [0.5, 0.6) is 0 Å². The van der Waals surface area contributed by atoms with Gasteiger partial charge in [-0.15, -0.1) is 0 Å². The molecule has 3 aromatic carbocycles. The van der Waals surface area contributed by atoms with Gasteiger partial charge >= 0.3 is 0 Å². The third-order valence-corrected chi connectivity index (χ3v) is 4.95. The monoisotopic (exact) mass is 417 g/mol. The minimum Gasteiger partial charge on any atom is -0.366 e. The lowest BCUT2D eigenvalue weighted by Crippen LogP contribution is -2.17. The summed E-state index contributed by atoms with van der Waals surface area (Å²) in [6.07, 6.45) is 0. The summed E-state index contributed by atoms with van der Waals surface area (Å²) in [6, 6.07) is 24.2. The van der Waals surface area contributed by atoms with Crippen LogP contribution in [-0.4, -0.2) is 19.3 Å². The molecular weight excluding hydrogens is 398 g/mol. The molecule has 30 heavy (non-hydrogen) atoms. The van der Waals surface area contributed by atoms with Crippen LogP contribution in [0.3, 0.4) is 0 Å². The van der Waals surface area contributed by atoms with Crippen LogP contribution in [0.4, 0.5) is 11.4 Å². The molecule has 0 spiro atoms. The Kier molecular flexibility index (Phi) is 5.40. The van der Waals surface area contributed by atoms with E-state index in [-0.39, 0.29) is 5.69 Å². The van der Waals surface area contributed by atoms with Gasteiger partial charge in [-0.2, -0.15) is 4.98 Å². The van der Waals surface area contributed by atoms with Crippen molar-refractivity contribution in [3.63, 3.8) is 0 Å². The van der Waals surface area contributed by atoms with Gasteiger partial charge in [0.15, 0.2) is 5.82 Å². The summed E-state index contributed by atoms with van der Waals surface area (Å²) in [7, 11) is 0. The van der Waals surface area contributed by atoms with E-state index in [0.717, 1.165) is 22.5 Å². The molecule has 0 bridgehead atoms. The number of nitrogens with one attached hydrogen (secondary N) is 1. The molecular formula is C22H19N5O2S. The summed E-state index contributed by atoms with van der Waals surface area (Å²) in [5.74, 6) is 0.618. The number of non-ortho nitro benzene ring substituents is 1. The number of aromatic nitrogens is 3. The van der Waals surface area contributed by atoms with Crippen LogP contribution >= 0.6 is 12.2 Å². The molecule has 0 fully saturated rings. The second kappa shape index (κ2) is 8.30. The maximum atomic E-state index is 11.0. The van der Waals surface area contributed by atoms with E-state index in [0.29, 0.717) is 17.3 Å². The Labute approximate surface area is 178 Å². The van der Waals surface area contributed by atoms with Crippen molar-refractivity contribution in [1.82, 2.24) is 14.3 Å². The average molecular weight is 417 g/mol. The Morgan fingerprint density at radius 1 is 1.03 bits per heavy atom. The summed E-state index contributed by atoms with van der Waals surface area (Å²) < 4.78 is 4.20. The van der Waals surface area contributed by atoms with Crippen LogP contribution in [0.15, 0.2) is 78.9 Å². The van der Waals surface area contributed by atoms with Crippen molar-refractivity contribution >= 4 is 23.6 Å². The molecule has 0 amide bonds. The van der Waals surface area contributed by atoms with E-state index in [9.17, 15) is 10.1 Å². The summed E-state index contributed by atoms with van der Waals surface area (Å²) in [6.45, 7) is 2.45. The lowest BCUT2D eigenvalue weighted by atomic mass is 10.2. The molecule has 0 radical (unpaired) electrons. The molecule has 7 nitrogen and oxygen atoms in total. The number of nitrogens with zero attached hydrogens (tertiary/aromatic N) is 4. The quantitative estimate of drug-likeness (QED) is 0.260. The molecule has 4 rings (SSSR count). The van der Waals surface area contributed by atoms with Crippen molar-refractivity contribution in [1.29, 1.82) is 0 Å². The zero-order valence-corrected chi connectivity index (χ0v) is 17.0. The first kappa shape index (κ1) is 19.5. The first-order valence-corrected chi connectivity index (χ1v) is 9.74. The van der Waals surface area contributed by atoms with Gasteiger partial charge < -0.3 is 5.32 Å². The zero-order chi connectivity index (χ0) is 21.1. The second-order valence-electron chi connectivity index (χ2n) is 6.77. The highest BCUT2D eigenvalue weighted by atomic mass is 32.1. The molecule has 0 aliphatic carbocycles. The molecule has 4 aromatic rings. The van der Waals surface area contributed by atoms with Crippen molar-refractivity contribution in [3.8, 4) is 17.1 Å². The Hall–Kier alpha value is -3.78. The van der Waals surface area contributed by atoms with E-state index in [2.05, 4.69) is 16.4 Å². The van der Waals surface area contributed by atoms with Crippen LogP contribution in [0.2, 0.25) is 0 Å². The fraction of sp³-hybridized carbons (Fsp3) is 0.0909. The smallest absolute Gasteiger partial charge is 0.269 e. The summed E-state index contributed by atoms with van der Waals surface area (Å²) in [5, 5.41) is 14.4. The normalized spacial score (nSPS) is 10.7. The molecule has 0 saturated carbocycles. The Morgan fingerprint density at radius 3 is 2.43 bits per heavy atom. The van der Waals surface area contributed by atoms with Crippen molar-refractivity contribution in [2.45, 2.75) is 13.6 Å². The number of rotatable bonds is 6. The molecule has 0 aliphatic rings. The minimum atomic E-state index is -0.419. The number of benzene rings is 3. The van der Waals surface area contributed by atoms with Crippen molar-refractivity contribution in [2.24, 2.45) is 0 Å². The van der Waals surface area contributed by atoms with Gasteiger partial charge in [-0.1, -0.05) is 30.3 Å². The lowest BCUT2D eigenvalue weighted by molar-refractivity contribution is -0.384. The first-order chi connectivity index (χ1) is 14.5. The van der Waals surface area contributed by atoms with Crippen LogP contribution in [0, 0.1) is 21.8 Å². The Balaban J connectivity index is 1.78. The highest BCUT2D eigenvalue weighted by Gasteiger charge is 2.16. The predicted molar refractivity (Wildman–Crippen MR) is 119 cm³/mol. The average Bonchev–Trinajstić information content (AvgIpc) is 3.09. The fourth-order valence-electron chi connectivity index (χ4n) is 3.21. The van der Waals surface area contributed by atoms with Crippen LogP contribution in [-0.2, 0) is 6.67 Å². The third-order valence-electron chi connectivity index (χ3n) is 4.65. The molecule has 0 saturated heterocycles. The number of anilines is 1. The van der Waals surface area contributed by atoms with Crippen molar-refractivity contribution in [3.05, 3.63) is 99.3 Å². The van der Waals surface area contributed by atoms with Gasteiger partial charge in [0.05, 0.1) is 10.6 Å². The fourth-order valence-corrected chi connectivity index (χ4v) is 3.44. The van der Waals surface area contributed by atoms with E-state index < -0.39 is 4.92 Å². The first-order valence-electron chi connectivity index (χ1n) is 9.33. The molecule has 1 N–H and O–H groups in total. The number of hydrogen-bond donors (Lipinski definition) is 1. The highest BCUT2D eigenvalue weighted by Crippen LogP contribution is 2.25. The maximum absolute atomic E-state index is 11.0. The number of nitro benzene ring substituents is 1. The molecule has 150 valence electrons. The summed E-state index contributed by atoms with van der Waals surface area (Å²) in [4.78, 5) is 15.2. The van der Waals surface area contributed by atoms with E-state index in [1.165, 1.54) is 12.1 Å². The number of nitro groups is 1. The molecule has 0 aliphatic heterocycles. The van der Waals surface area contributed by atoms with Gasteiger partial charge in [0.1, 0.15) is 6.67 Å². The zero-order valence-electron chi connectivity index (χ0n) is 16.2. The molecule has 1 aromatic heterocycles. The van der Waals surface area contributed by atoms with Crippen LogP contribution in [0.1, 0.15) is 5.56 Å². The van der Waals surface area contributed by atoms with Crippen molar-refractivity contribution < 1.29 is 4.92 Å². The van der Waals surface area contributed by atoms with E-state index in [1.807, 2.05) is 64.8 Å². The predicted octanol–water partition coefficient (Wildman–Crippen LogP) is 5.36. The van der Waals surface area contributed by atoms with Gasteiger partial charge in [0.2, 0.25) is 4.77 Å². The highest BCUT2D eigenvalue weighted by molar-refractivity contribution is 7.71. The van der Waals surface area contributed by atoms with E-state index in [1.54, 1.807) is 12.1 Å². The maximum Gasteiger partial charge on any atom is 0.269 e. The molecule has 0 atom stereocenters. The lowest BCUT2D eigenvalue weighted by Gasteiger charge is -2.15. The van der Waals surface area contributed by atoms with Gasteiger partial charge in [0, 0.05) is 23.4 Å². The molecule has 1 heterocycles. The largest absolute Gasteiger partial charge is 0.366 e. The third kappa shape index (κ3) is 3.99. The molecule has 8 heteroatoms. The Bertz CT molecular complexity index is 1250.